The second-order valence-electron chi connectivity index (χ2n) is 14.7. The summed E-state index contributed by atoms with van der Waals surface area (Å²) in [5, 5.41) is 5.01. The van der Waals surface area contributed by atoms with Gasteiger partial charge in [-0.3, -0.25) is 4.57 Å². The van der Waals surface area contributed by atoms with E-state index in [4.69, 9.17) is 4.98 Å². The van der Waals surface area contributed by atoms with Crippen molar-refractivity contribution in [1.29, 1.82) is 0 Å². The molecule has 4 nitrogen and oxygen atoms in total. The molecule has 0 fully saturated rings. The molecule has 0 amide bonds. The van der Waals surface area contributed by atoms with Gasteiger partial charge in [0, 0.05) is 38.5 Å². The summed E-state index contributed by atoms with van der Waals surface area (Å²) in [6.07, 6.45) is 0. The molecule has 1 aliphatic heterocycles. The second kappa shape index (κ2) is 10.0. The monoisotopic (exact) mass is 686 g/mol. The molecule has 0 N–H and O–H groups in total. The molecular formula is C50H30N4. The topological polar surface area (TPSA) is 27.7 Å². The third-order valence-corrected chi connectivity index (χ3v) is 12.2. The van der Waals surface area contributed by atoms with Crippen molar-refractivity contribution in [1.82, 2.24) is 18.7 Å². The van der Waals surface area contributed by atoms with Crippen molar-refractivity contribution in [3.05, 3.63) is 205 Å². The van der Waals surface area contributed by atoms with Gasteiger partial charge in [-0.1, -0.05) is 115 Å². The largest absolute Gasteiger partial charge is 0.309 e. The highest BCUT2D eigenvalue weighted by molar-refractivity contribution is 6.19. The van der Waals surface area contributed by atoms with E-state index in [9.17, 15) is 0 Å². The molecule has 0 saturated heterocycles. The summed E-state index contributed by atoms with van der Waals surface area (Å²) in [6, 6.07) is 66.8. The van der Waals surface area contributed by atoms with Gasteiger partial charge in [-0.25, -0.2) is 4.98 Å². The summed E-state index contributed by atoms with van der Waals surface area (Å²) < 4.78 is 7.32. The van der Waals surface area contributed by atoms with E-state index in [0.717, 1.165) is 28.2 Å². The first-order chi connectivity index (χ1) is 26.8. The lowest BCUT2D eigenvalue weighted by Gasteiger charge is -2.27. The van der Waals surface area contributed by atoms with Crippen molar-refractivity contribution in [3.8, 4) is 28.2 Å². The number of hydrogen-bond donors (Lipinski definition) is 0. The van der Waals surface area contributed by atoms with E-state index in [1.54, 1.807) is 0 Å². The highest BCUT2D eigenvalue weighted by Gasteiger charge is 2.54. The maximum atomic E-state index is 5.48. The van der Waals surface area contributed by atoms with Crippen LogP contribution < -0.4 is 0 Å². The van der Waals surface area contributed by atoms with Crippen molar-refractivity contribution in [2.75, 3.05) is 0 Å². The molecule has 11 aromatic rings. The molecule has 54 heavy (non-hydrogen) atoms. The number of imidazole rings is 1. The minimum Gasteiger partial charge on any atom is -0.309 e. The Bertz CT molecular complexity index is 3350. The Balaban J connectivity index is 1.16. The van der Waals surface area contributed by atoms with E-state index in [1.165, 1.54) is 77.1 Å². The molecule has 0 unspecified atom stereocenters. The molecule has 0 bridgehead atoms. The van der Waals surface area contributed by atoms with Crippen LogP contribution in [0.2, 0.25) is 0 Å². The molecule has 13 rings (SSSR count). The van der Waals surface area contributed by atoms with Crippen LogP contribution in [0.3, 0.4) is 0 Å². The predicted octanol–water partition coefficient (Wildman–Crippen LogP) is 11.9. The summed E-state index contributed by atoms with van der Waals surface area (Å²) in [4.78, 5) is 5.48. The highest BCUT2D eigenvalue weighted by Crippen LogP contribution is 2.60. The number of para-hydroxylation sites is 5. The molecule has 4 heterocycles. The minimum absolute atomic E-state index is 0.566. The minimum atomic E-state index is -0.566. The fourth-order valence-electron chi connectivity index (χ4n) is 10.1. The van der Waals surface area contributed by atoms with Gasteiger partial charge >= 0.3 is 0 Å². The third kappa shape index (κ3) is 3.33. The van der Waals surface area contributed by atoms with Crippen molar-refractivity contribution in [2.24, 2.45) is 0 Å². The molecule has 8 aromatic carbocycles. The van der Waals surface area contributed by atoms with Gasteiger partial charge in [0.25, 0.3) is 0 Å². The van der Waals surface area contributed by atoms with Gasteiger partial charge in [0.05, 0.1) is 38.8 Å². The van der Waals surface area contributed by atoms with Gasteiger partial charge in [-0.2, -0.15) is 0 Å². The van der Waals surface area contributed by atoms with E-state index in [2.05, 4.69) is 196 Å². The zero-order chi connectivity index (χ0) is 35.1. The average Bonchev–Trinajstić information content (AvgIpc) is 4.00. The molecule has 1 spiro atoms. The fraction of sp³-hybridized carbons (Fsp3) is 0.0200. The summed E-state index contributed by atoms with van der Waals surface area (Å²) in [7, 11) is 0. The van der Waals surface area contributed by atoms with Crippen LogP contribution in [0.25, 0.3) is 82.8 Å². The van der Waals surface area contributed by atoms with E-state index in [-0.39, 0.29) is 0 Å². The van der Waals surface area contributed by atoms with Gasteiger partial charge in [0.2, 0.25) is 0 Å². The SMILES string of the molecule is c1ccc(-n2c3ccccc3c3cc4c5ccccc5n(-c5ccc6c(c5)C5(c7ccccc7-c7ccccc75)c5nc7ccccc7n5-6)c4cc32)cc1. The zero-order valence-corrected chi connectivity index (χ0v) is 29.1. The quantitative estimate of drug-likeness (QED) is 0.178. The molecule has 3 aromatic heterocycles. The zero-order valence-electron chi connectivity index (χ0n) is 29.1. The Hall–Kier alpha value is -7.17. The Kier molecular flexibility index (Phi) is 5.28. The van der Waals surface area contributed by atoms with Crippen molar-refractivity contribution < 1.29 is 0 Å². The van der Waals surface area contributed by atoms with E-state index in [1.807, 2.05) is 0 Å². The third-order valence-electron chi connectivity index (χ3n) is 12.2. The van der Waals surface area contributed by atoms with Crippen LogP contribution in [0.1, 0.15) is 22.5 Å². The van der Waals surface area contributed by atoms with Crippen LogP contribution in [0, 0.1) is 0 Å². The van der Waals surface area contributed by atoms with E-state index >= 15 is 0 Å². The van der Waals surface area contributed by atoms with Gasteiger partial charge in [0.15, 0.2) is 0 Å². The smallest absolute Gasteiger partial charge is 0.134 e. The maximum absolute atomic E-state index is 5.48. The first-order valence-corrected chi connectivity index (χ1v) is 18.6. The lowest BCUT2D eigenvalue weighted by Crippen LogP contribution is -2.27. The summed E-state index contributed by atoms with van der Waals surface area (Å²) >= 11 is 0. The highest BCUT2D eigenvalue weighted by atomic mass is 15.1. The Morgan fingerprint density at radius 1 is 0.352 bits per heavy atom. The Labute approximate surface area is 310 Å². The van der Waals surface area contributed by atoms with Crippen molar-refractivity contribution in [2.45, 2.75) is 5.41 Å². The van der Waals surface area contributed by atoms with Gasteiger partial charge < -0.3 is 9.13 Å². The molecule has 250 valence electrons. The molecule has 0 atom stereocenters. The molecular weight excluding hydrogens is 657 g/mol. The maximum Gasteiger partial charge on any atom is 0.134 e. The number of hydrogen-bond acceptors (Lipinski definition) is 1. The molecule has 0 saturated carbocycles. The van der Waals surface area contributed by atoms with Gasteiger partial charge in [0.1, 0.15) is 11.2 Å². The first-order valence-electron chi connectivity index (χ1n) is 18.6. The van der Waals surface area contributed by atoms with Crippen LogP contribution in [-0.4, -0.2) is 18.7 Å². The van der Waals surface area contributed by atoms with Crippen LogP contribution in [0.15, 0.2) is 182 Å². The number of aromatic nitrogens is 4. The fourth-order valence-corrected chi connectivity index (χ4v) is 10.1. The van der Waals surface area contributed by atoms with E-state index in [0.29, 0.717) is 0 Å². The summed E-state index contributed by atoms with van der Waals surface area (Å²) in [5.74, 6) is 1.06. The van der Waals surface area contributed by atoms with Crippen LogP contribution in [0.5, 0.6) is 0 Å². The standard InChI is InChI=1S/C50H30N4/c1-2-14-31(15-3-1)52-43-23-11-6-18-35(43)37-29-38-36-19-7-12-24-44(36)53(48(38)30-47(37)52)32-26-27-45-41(28-32)50(49-51-42-22-10-13-25-46(42)54(45)49)39-20-8-4-16-33(39)34-17-5-9-21-40(34)50/h1-30H. The number of fused-ring (bicyclic) bond motifs is 18. The average molecular weight is 687 g/mol. The van der Waals surface area contributed by atoms with Crippen LogP contribution in [0.4, 0.5) is 0 Å². The van der Waals surface area contributed by atoms with Crippen molar-refractivity contribution >= 4 is 54.6 Å². The number of benzene rings is 8. The Morgan fingerprint density at radius 2 is 0.907 bits per heavy atom. The molecule has 4 heteroatoms. The summed E-state index contributed by atoms with van der Waals surface area (Å²) in [6.45, 7) is 0. The van der Waals surface area contributed by atoms with Crippen molar-refractivity contribution in [3.63, 3.8) is 0 Å². The van der Waals surface area contributed by atoms with Gasteiger partial charge in [-0.05, 0) is 89.0 Å². The normalized spacial score (nSPS) is 13.7. The van der Waals surface area contributed by atoms with Crippen LogP contribution >= 0.6 is 0 Å². The lowest BCUT2D eigenvalue weighted by molar-refractivity contribution is 0.737. The lowest BCUT2D eigenvalue weighted by atomic mass is 9.73. The number of nitrogens with zero attached hydrogens (tertiary/aromatic N) is 4. The van der Waals surface area contributed by atoms with E-state index < -0.39 is 5.41 Å². The molecule has 0 radical (unpaired) electrons. The second-order valence-corrected chi connectivity index (χ2v) is 14.7. The Morgan fingerprint density at radius 3 is 1.59 bits per heavy atom. The van der Waals surface area contributed by atoms with Gasteiger partial charge in [-0.15, -0.1) is 0 Å². The number of rotatable bonds is 2. The molecule has 1 aliphatic carbocycles. The predicted molar refractivity (Wildman–Crippen MR) is 221 cm³/mol. The first kappa shape index (κ1) is 28.4. The van der Waals surface area contributed by atoms with Crippen LogP contribution in [-0.2, 0) is 5.41 Å². The molecule has 2 aliphatic rings. The summed E-state index contributed by atoms with van der Waals surface area (Å²) in [5.41, 5.74) is 16.2.